The van der Waals surface area contributed by atoms with E-state index in [1.165, 1.54) is 5.56 Å². The zero-order valence-corrected chi connectivity index (χ0v) is 13.6. The summed E-state index contributed by atoms with van der Waals surface area (Å²) in [4.78, 5) is 4.49. The molecule has 0 amide bonds. The number of aromatic nitrogens is 1. The van der Waals surface area contributed by atoms with Crippen molar-refractivity contribution in [3.05, 3.63) is 72.1 Å². The fourth-order valence-corrected chi connectivity index (χ4v) is 2.48. The van der Waals surface area contributed by atoms with E-state index in [1.54, 1.807) is 6.26 Å². The van der Waals surface area contributed by atoms with Gasteiger partial charge in [0.05, 0.1) is 12.3 Å². The molecule has 3 aromatic rings. The summed E-state index contributed by atoms with van der Waals surface area (Å²) in [6.07, 6.45) is 2.41. The van der Waals surface area contributed by atoms with Crippen LogP contribution in [-0.2, 0) is 11.8 Å². The lowest BCUT2D eigenvalue weighted by atomic mass is 10.2. The van der Waals surface area contributed by atoms with Gasteiger partial charge in [0, 0.05) is 17.3 Å². The average Bonchev–Trinajstić information content (AvgIpc) is 3.05. The third kappa shape index (κ3) is 3.77. The number of ether oxygens (including phenoxy) is 1. The largest absolute Gasteiger partial charge is 0.493 e. The van der Waals surface area contributed by atoms with Crippen molar-refractivity contribution in [3.8, 4) is 17.2 Å². The number of rotatable bonds is 6. The molecule has 0 bridgehead atoms. The molecule has 0 saturated heterocycles. The van der Waals surface area contributed by atoms with Crippen LogP contribution in [0.25, 0.3) is 11.5 Å². The van der Waals surface area contributed by atoms with Crippen LogP contribution < -0.4 is 4.74 Å². The molecule has 22 heavy (non-hydrogen) atoms. The Balaban J connectivity index is 1.57. The second kappa shape index (κ2) is 7.27. The molecular formula is C18H16BrNO2. The van der Waals surface area contributed by atoms with Crippen molar-refractivity contribution in [1.29, 1.82) is 0 Å². The molecule has 1 aromatic heterocycles. The minimum atomic E-state index is 0.576. The highest BCUT2D eigenvalue weighted by molar-refractivity contribution is 9.08. The number of oxazole rings is 1. The summed E-state index contributed by atoms with van der Waals surface area (Å²) in [6, 6.07) is 17.9. The van der Waals surface area contributed by atoms with E-state index in [1.807, 2.05) is 48.5 Å². The van der Waals surface area contributed by atoms with Crippen molar-refractivity contribution in [2.24, 2.45) is 0 Å². The van der Waals surface area contributed by atoms with Crippen molar-refractivity contribution in [1.82, 2.24) is 4.98 Å². The Hall–Kier alpha value is -2.07. The van der Waals surface area contributed by atoms with Gasteiger partial charge in [-0.25, -0.2) is 4.98 Å². The Bertz CT molecular complexity index is 725. The molecule has 3 nitrogen and oxygen atoms in total. The third-order valence-corrected chi connectivity index (χ3v) is 3.90. The topological polar surface area (TPSA) is 35.3 Å². The maximum Gasteiger partial charge on any atom is 0.226 e. The first kappa shape index (κ1) is 14.9. The van der Waals surface area contributed by atoms with Crippen LogP contribution in [0.4, 0.5) is 0 Å². The van der Waals surface area contributed by atoms with Crippen LogP contribution in [0.15, 0.2) is 65.3 Å². The molecule has 2 aromatic carbocycles. The van der Waals surface area contributed by atoms with Crippen molar-refractivity contribution < 1.29 is 9.15 Å². The Morgan fingerprint density at radius 1 is 1.05 bits per heavy atom. The lowest BCUT2D eigenvalue weighted by Gasteiger charge is -2.05. The van der Waals surface area contributed by atoms with E-state index in [9.17, 15) is 0 Å². The van der Waals surface area contributed by atoms with E-state index >= 15 is 0 Å². The number of hydrogen-bond acceptors (Lipinski definition) is 3. The van der Waals surface area contributed by atoms with Gasteiger partial charge in [0.2, 0.25) is 5.89 Å². The smallest absolute Gasteiger partial charge is 0.226 e. The monoisotopic (exact) mass is 357 g/mol. The van der Waals surface area contributed by atoms with Gasteiger partial charge in [-0.2, -0.15) is 0 Å². The molecule has 1 heterocycles. The fourth-order valence-electron chi connectivity index (χ4n) is 2.13. The fraction of sp³-hybridized carbons (Fsp3) is 0.167. The summed E-state index contributed by atoms with van der Waals surface area (Å²) >= 11 is 3.44. The number of hydrogen-bond donors (Lipinski definition) is 0. The van der Waals surface area contributed by atoms with E-state index in [0.717, 1.165) is 28.8 Å². The summed E-state index contributed by atoms with van der Waals surface area (Å²) in [5, 5.41) is 0.827. The molecule has 112 valence electrons. The van der Waals surface area contributed by atoms with Gasteiger partial charge in [-0.05, 0) is 29.8 Å². The zero-order valence-electron chi connectivity index (χ0n) is 12.0. The molecule has 0 spiro atoms. The highest BCUT2D eigenvalue weighted by Crippen LogP contribution is 2.19. The predicted molar refractivity (Wildman–Crippen MR) is 90.2 cm³/mol. The second-order valence-electron chi connectivity index (χ2n) is 4.89. The molecule has 0 fully saturated rings. The molecule has 0 aliphatic rings. The number of halogens is 1. The number of alkyl halides is 1. The standard InChI is InChI=1S/C18H16BrNO2/c19-12-14-5-4-8-17(11-14)21-10-9-16-13-22-18(20-16)15-6-2-1-3-7-15/h1-8,11,13H,9-10,12H2. The van der Waals surface area contributed by atoms with Gasteiger partial charge >= 0.3 is 0 Å². The van der Waals surface area contributed by atoms with Gasteiger partial charge in [-0.1, -0.05) is 46.3 Å². The molecule has 0 aliphatic heterocycles. The third-order valence-electron chi connectivity index (χ3n) is 3.25. The number of nitrogens with zero attached hydrogens (tertiary/aromatic N) is 1. The van der Waals surface area contributed by atoms with Gasteiger partial charge in [-0.15, -0.1) is 0 Å². The van der Waals surface area contributed by atoms with Gasteiger partial charge in [0.1, 0.15) is 12.0 Å². The first-order valence-corrected chi connectivity index (χ1v) is 8.25. The summed E-state index contributed by atoms with van der Waals surface area (Å²) in [5.74, 6) is 1.53. The van der Waals surface area contributed by atoms with Crippen LogP contribution in [-0.4, -0.2) is 11.6 Å². The van der Waals surface area contributed by atoms with Crippen molar-refractivity contribution >= 4 is 15.9 Å². The maximum atomic E-state index is 5.76. The van der Waals surface area contributed by atoms with E-state index < -0.39 is 0 Å². The Morgan fingerprint density at radius 3 is 2.73 bits per heavy atom. The quantitative estimate of drug-likeness (QED) is 0.591. The van der Waals surface area contributed by atoms with E-state index in [2.05, 4.69) is 27.0 Å². The second-order valence-corrected chi connectivity index (χ2v) is 5.45. The lowest BCUT2D eigenvalue weighted by Crippen LogP contribution is -2.01. The first-order valence-electron chi connectivity index (χ1n) is 7.12. The van der Waals surface area contributed by atoms with E-state index in [-0.39, 0.29) is 0 Å². The Labute approximate surface area is 138 Å². The van der Waals surface area contributed by atoms with Crippen LogP contribution in [0.2, 0.25) is 0 Å². The molecule has 0 aliphatic carbocycles. The van der Waals surface area contributed by atoms with Gasteiger partial charge in [0.15, 0.2) is 0 Å². The van der Waals surface area contributed by atoms with Crippen LogP contribution in [0.5, 0.6) is 5.75 Å². The molecule has 0 radical (unpaired) electrons. The van der Waals surface area contributed by atoms with Crippen molar-refractivity contribution in [2.75, 3.05) is 6.61 Å². The van der Waals surface area contributed by atoms with E-state index in [4.69, 9.17) is 9.15 Å². The van der Waals surface area contributed by atoms with Crippen LogP contribution in [0.1, 0.15) is 11.3 Å². The molecule has 0 saturated carbocycles. The van der Waals surface area contributed by atoms with Crippen molar-refractivity contribution in [2.45, 2.75) is 11.8 Å². The van der Waals surface area contributed by atoms with Crippen LogP contribution >= 0.6 is 15.9 Å². The summed E-state index contributed by atoms with van der Waals surface area (Å²) in [6.45, 7) is 0.576. The summed E-state index contributed by atoms with van der Waals surface area (Å²) in [7, 11) is 0. The van der Waals surface area contributed by atoms with Gasteiger partial charge < -0.3 is 9.15 Å². The summed E-state index contributed by atoms with van der Waals surface area (Å²) < 4.78 is 11.3. The SMILES string of the molecule is BrCc1cccc(OCCc2coc(-c3ccccc3)n2)c1. The minimum Gasteiger partial charge on any atom is -0.493 e. The van der Waals surface area contributed by atoms with Crippen molar-refractivity contribution in [3.63, 3.8) is 0 Å². The minimum absolute atomic E-state index is 0.576. The highest BCUT2D eigenvalue weighted by Gasteiger charge is 2.06. The normalized spacial score (nSPS) is 10.6. The zero-order chi connectivity index (χ0) is 15.2. The number of benzene rings is 2. The Morgan fingerprint density at radius 2 is 1.91 bits per heavy atom. The van der Waals surface area contributed by atoms with Gasteiger partial charge in [-0.3, -0.25) is 0 Å². The predicted octanol–water partition coefficient (Wildman–Crippen LogP) is 4.86. The highest BCUT2D eigenvalue weighted by atomic mass is 79.9. The molecule has 4 heteroatoms. The molecular weight excluding hydrogens is 342 g/mol. The maximum absolute atomic E-state index is 5.76. The van der Waals surface area contributed by atoms with Crippen LogP contribution in [0.3, 0.4) is 0 Å². The first-order chi connectivity index (χ1) is 10.8. The molecule has 0 atom stereocenters. The lowest BCUT2D eigenvalue weighted by molar-refractivity contribution is 0.320. The van der Waals surface area contributed by atoms with Gasteiger partial charge in [0.25, 0.3) is 0 Å². The Kier molecular flexibility index (Phi) is 4.91. The molecule has 3 rings (SSSR count). The molecule has 0 N–H and O–H groups in total. The average molecular weight is 358 g/mol. The van der Waals surface area contributed by atoms with E-state index in [0.29, 0.717) is 12.5 Å². The summed E-state index contributed by atoms with van der Waals surface area (Å²) in [5.41, 5.74) is 3.08. The van der Waals surface area contributed by atoms with Crippen LogP contribution in [0, 0.1) is 0 Å². The molecule has 0 unspecified atom stereocenters.